The first-order valence-corrected chi connectivity index (χ1v) is 12.8. The smallest absolute Gasteiger partial charge is 0.407 e. The molecule has 0 aliphatic heterocycles. The normalized spacial score (nSPS) is 12.8. The van der Waals surface area contributed by atoms with Gasteiger partial charge in [0, 0.05) is 17.6 Å². The number of amides is 1. The molecule has 0 aliphatic rings. The maximum absolute atomic E-state index is 15.2. The van der Waals surface area contributed by atoms with Gasteiger partial charge < -0.3 is 20.7 Å². The molecule has 4 rings (SSSR count). The third-order valence-corrected chi connectivity index (χ3v) is 6.04. The van der Waals surface area contributed by atoms with Gasteiger partial charge in [0.25, 0.3) is 0 Å². The van der Waals surface area contributed by atoms with Crippen LogP contribution in [0.25, 0.3) is 10.9 Å². The molecule has 2 heterocycles. The number of nitriles is 1. The fourth-order valence-electron chi connectivity index (χ4n) is 4.25. The summed E-state index contributed by atoms with van der Waals surface area (Å²) in [4.78, 5) is 16.8. The van der Waals surface area contributed by atoms with Crippen molar-refractivity contribution in [3.63, 3.8) is 0 Å². The lowest BCUT2D eigenvalue weighted by molar-refractivity contribution is 0.0503. The highest BCUT2D eigenvalue weighted by Gasteiger charge is 2.26. The first-order valence-electron chi connectivity index (χ1n) is 12.8. The summed E-state index contributed by atoms with van der Waals surface area (Å²) < 4.78 is 36.6. The van der Waals surface area contributed by atoms with E-state index < -0.39 is 35.4 Å². The lowest BCUT2D eigenvalue weighted by Gasteiger charge is -2.29. The number of carbonyl (C=O) groups is 1. The Hall–Kier alpha value is -4.72. The SMILES string of the molecule is CCn1ncc2cc(Nc3nc(N[C@H](c4cccc(F)c4)[C@H](C)NC(=O)OC(C)(C)C)c(F)cc3C#N)ccc21. The molecule has 2 atom stereocenters. The second kappa shape index (κ2) is 11.6. The van der Waals surface area contributed by atoms with E-state index in [1.807, 2.05) is 35.9 Å². The van der Waals surface area contributed by atoms with Crippen molar-refractivity contribution in [3.8, 4) is 6.07 Å². The molecule has 0 saturated heterocycles. The Balaban J connectivity index is 1.66. The van der Waals surface area contributed by atoms with Crippen molar-refractivity contribution in [1.29, 1.82) is 5.26 Å². The van der Waals surface area contributed by atoms with Crippen molar-refractivity contribution in [2.24, 2.45) is 0 Å². The third-order valence-electron chi connectivity index (χ3n) is 6.04. The van der Waals surface area contributed by atoms with Gasteiger partial charge in [0.2, 0.25) is 0 Å². The van der Waals surface area contributed by atoms with Gasteiger partial charge in [0.1, 0.15) is 17.5 Å². The number of halogens is 2. The van der Waals surface area contributed by atoms with Crippen LogP contribution in [0.5, 0.6) is 0 Å². The van der Waals surface area contributed by atoms with Crippen LogP contribution in [0.15, 0.2) is 54.7 Å². The topological polar surface area (TPSA) is 117 Å². The van der Waals surface area contributed by atoms with Gasteiger partial charge in [-0.1, -0.05) is 12.1 Å². The number of nitrogens with zero attached hydrogens (tertiary/aromatic N) is 4. The van der Waals surface area contributed by atoms with Crippen LogP contribution >= 0.6 is 0 Å². The first-order chi connectivity index (χ1) is 19.0. The average molecular weight is 548 g/mol. The molecule has 1 amide bonds. The fourth-order valence-corrected chi connectivity index (χ4v) is 4.25. The molecule has 4 aromatic rings. The van der Waals surface area contributed by atoms with E-state index in [0.717, 1.165) is 23.5 Å². The molecular weight excluding hydrogens is 516 g/mol. The zero-order valence-electron chi connectivity index (χ0n) is 22.9. The number of anilines is 3. The summed E-state index contributed by atoms with van der Waals surface area (Å²) in [6, 6.07) is 12.9. The van der Waals surface area contributed by atoms with Gasteiger partial charge in [-0.05, 0) is 76.6 Å². The Bertz CT molecular complexity index is 1570. The predicted molar refractivity (Wildman–Crippen MR) is 149 cm³/mol. The molecule has 0 spiro atoms. The maximum atomic E-state index is 15.2. The van der Waals surface area contributed by atoms with E-state index in [0.29, 0.717) is 11.3 Å². The molecule has 0 saturated carbocycles. The van der Waals surface area contributed by atoms with Crippen LogP contribution in [0, 0.1) is 23.0 Å². The first kappa shape index (κ1) is 28.3. The van der Waals surface area contributed by atoms with Crippen LogP contribution in [0.2, 0.25) is 0 Å². The average Bonchev–Trinajstić information content (AvgIpc) is 3.29. The van der Waals surface area contributed by atoms with Crippen molar-refractivity contribution < 1.29 is 18.3 Å². The van der Waals surface area contributed by atoms with Gasteiger partial charge in [-0.25, -0.2) is 18.6 Å². The second-order valence-corrected chi connectivity index (χ2v) is 10.3. The number of pyridine rings is 1. The number of hydrogen-bond donors (Lipinski definition) is 3. The Morgan fingerprint density at radius 2 is 1.93 bits per heavy atom. The molecule has 40 heavy (non-hydrogen) atoms. The van der Waals surface area contributed by atoms with E-state index in [2.05, 4.69) is 26.0 Å². The highest BCUT2D eigenvalue weighted by atomic mass is 19.1. The number of aryl methyl sites for hydroxylation is 1. The van der Waals surface area contributed by atoms with Crippen LogP contribution in [0.4, 0.5) is 30.9 Å². The number of benzene rings is 2. The summed E-state index contributed by atoms with van der Waals surface area (Å²) in [5.41, 5.74) is 1.29. The minimum absolute atomic E-state index is 0.00497. The predicted octanol–water partition coefficient (Wildman–Crippen LogP) is 6.41. The Morgan fingerprint density at radius 3 is 2.60 bits per heavy atom. The molecular formula is C29H31F2N7O2. The van der Waals surface area contributed by atoms with Crippen LogP contribution in [-0.4, -0.2) is 32.5 Å². The van der Waals surface area contributed by atoms with Gasteiger partial charge in [0.15, 0.2) is 17.5 Å². The Morgan fingerprint density at radius 1 is 1.15 bits per heavy atom. The van der Waals surface area contributed by atoms with E-state index in [4.69, 9.17) is 4.74 Å². The van der Waals surface area contributed by atoms with E-state index in [1.165, 1.54) is 18.2 Å². The number of carbonyl (C=O) groups excluding carboxylic acids is 1. The van der Waals surface area contributed by atoms with Crippen LogP contribution < -0.4 is 16.0 Å². The quantitative estimate of drug-likeness (QED) is 0.233. The zero-order valence-corrected chi connectivity index (χ0v) is 22.9. The van der Waals surface area contributed by atoms with Crippen molar-refractivity contribution in [2.75, 3.05) is 10.6 Å². The number of alkyl carbamates (subject to hydrolysis) is 1. The lowest BCUT2D eigenvalue weighted by Crippen LogP contribution is -2.42. The summed E-state index contributed by atoms with van der Waals surface area (Å²) >= 11 is 0. The molecule has 2 aromatic carbocycles. The summed E-state index contributed by atoms with van der Waals surface area (Å²) in [5, 5.41) is 23.7. The van der Waals surface area contributed by atoms with Gasteiger partial charge >= 0.3 is 6.09 Å². The van der Waals surface area contributed by atoms with Crippen molar-refractivity contribution in [3.05, 3.63) is 77.5 Å². The molecule has 11 heteroatoms. The molecule has 9 nitrogen and oxygen atoms in total. The molecule has 0 aliphatic carbocycles. The highest BCUT2D eigenvalue weighted by Crippen LogP contribution is 2.29. The fraction of sp³-hybridized carbons (Fsp3) is 0.310. The van der Waals surface area contributed by atoms with Crippen molar-refractivity contribution in [2.45, 2.75) is 58.8 Å². The maximum Gasteiger partial charge on any atom is 0.407 e. The lowest BCUT2D eigenvalue weighted by atomic mass is 10.00. The monoisotopic (exact) mass is 547 g/mol. The van der Waals surface area contributed by atoms with Gasteiger partial charge in [-0.15, -0.1) is 0 Å². The minimum Gasteiger partial charge on any atom is -0.444 e. The summed E-state index contributed by atoms with van der Waals surface area (Å²) in [6.07, 6.45) is 1.06. The number of nitrogens with one attached hydrogen (secondary N) is 3. The third kappa shape index (κ3) is 6.64. The number of ether oxygens (including phenoxy) is 1. The standard InChI is InChI=1S/C29H31F2N7O2/c1-6-38-24-11-10-22(13-20(24)16-33-38)35-26-19(15-32)14-23(31)27(37-26)36-25(18-8-7-9-21(30)12-18)17(2)34-28(39)40-29(3,4)5/h7-14,16-17,25H,6H2,1-5H3,(H,34,39)(H2,35,36,37)/t17-,25-/m0/s1. The largest absolute Gasteiger partial charge is 0.444 e. The highest BCUT2D eigenvalue weighted by molar-refractivity contribution is 5.83. The summed E-state index contributed by atoms with van der Waals surface area (Å²) in [7, 11) is 0. The Kier molecular flexibility index (Phi) is 8.18. The van der Waals surface area contributed by atoms with E-state index in [-0.39, 0.29) is 17.2 Å². The molecule has 0 radical (unpaired) electrons. The summed E-state index contributed by atoms with van der Waals surface area (Å²) in [6.45, 7) is 9.60. The van der Waals surface area contributed by atoms with Gasteiger partial charge in [0.05, 0.1) is 29.4 Å². The molecule has 208 valence electrons. The molecule has 0 bridgehead atoms. The van der Waals surface area contributed by atoms with E-state index in [1.54, 1.807) is 40.0 Å². The number of rotatable bonds is 8. The minimum atomic E-state index is -0.803. The van der Waals surface area contributed by atoms with Gasteiger partial charge in [-0.2, -0.15) is 10.4 Å². The van der Waals surface area contributed by atoms with Crippen molar-refractivity contribution in [1.82, 2.24) is 20.1 Å². The Labute approximate surface area is 231 Å². The van der Waals surface area contributed by atoms with Crippen molar-refractivity contribution >= 4 is 34.3 Å². The van der Waals surface area contributed by atoms with E-state index in [9.17, 15) is 14.4 Å². The molecule has 3 N–H and O–H groups in total. The number of hydrogen-bond acceptors (Lipinski definition) is 7. The zero-order chi connectivity index (χ0) is 29.0. The van der Waals surface area contributed by atoms with E-state index >= 15 is 4.39 Å². The van der Waals surface area contributed by atoms with Crippen LogP contribution in [0.1, 0.15) is 51.8 Å². The summed E-state index contributed by atoms with van der Waals surface area (Å²) in [5.74, 6) is -1.34. The number of aromatic nitrogens is 3. The van der Waals surface area contributed by atoms with Gasteiger partial charge in [-0.3, -0.25) is 4.68 Å². The van der Waals surface area contributed by atoms with Crippen LogP contribution in [0.3, 0.4) is 0 Å². The second-order valence-electron chi connectivity index (χ2n) is 10.3. The molecule has 2 aromatic heterocycles. The molecule has 0 fully saturated rings. The molecule has 0 unspecified atom stereocenters. The number of fused-ring (bicyclic) bond motifs is 1. The van der Waals surface area contributed by atoms with Crippen LogP contribution in [-0.2, 0) is 11.3 Å².